The van der Waals surface area contributed by atoms with Gasteiger partial charge in [-0.1, -0.05) is 11.3 Å². The third-order valence-electron chi connectivity index (χ3n) is 6.96. The highest BCUT2D eigenvalue weighted by atomic mass is 32.1. The molecule has 2 aromatic rings. The summed E-state index contributed by atoms with van der Waals surface area (Å²) in [5, 5.41) is 1.28. The molecule has 0 spiro atoms. The van der Waals surface area contributed by atoms with Gasteiger partial charge in [0.05, 0.1) is 10.7 Å². The fourth-order valence-corrected chi connectivity index (χ4v) is 6.71. The Bertz CT molecular complexity index is 971. The van der Waals surface area contributed by atoms with Gasteiger partial charge in [0.2, 0.25) is 0 Å². The second kappa shape index (κ2) is 11.3. The topological polar surface area (TPSA) is 55.3 Å². The van der Waals surface area contributed by atoms with Crippen molar-refractivity contribution in [3.8, 4) is 5.19 Å². The van der Waals surface area contributed by atoms with Crippen molar-refractivity contribution in [3.63, 3.8) is 0 Å². The van der Waals surface area contributed by atoms with Crippen LogP contribution in [0, 0.1) is 12.8 Å². The Morgan fingerprint density at radius 1 is 1.26 bits per heavy atom. The van der Waals surface area contributed by atoms with Gasteiger partial charge in [0, 0.05) is 61.8 Å². The van der Waals surface area contributed by atoms with Gasteiger partial charge in [0.25, 0.3) is 11.1 Å². The summed E-state index contributed by atoms with van der Waals surface area (Å²) in [4.78, 5) is 25.4. The molecule has 0 saturated heterocycles. The maximum atomic E-state index is 15.5. The molecule has 0 N–H and O–H groups in total. The van der Waals surface area contributed by atoms with Gasteiger partial charge >= 0.3 is 0 Å². The van der Waals surface area contributed by atoms with Crippen LogP contribution in [0.15, 0.2) is 6.20 Å². The van der Waals surface area contributed by atoms with Crippen molar-refractivity contribution in [3.05, 3.63) is 26.7 Å². The number of alkyl halides is 3. The van der Waals surface area contributed by atoms with Crippen LogP contribution in [0.25, 0.3) is 0 Å². The van der Waals surface area contributed by atoms with Crippen molar-refractivity contribution in [1.82, 2.24) is 14.9 Å². The van der Waals surface area contributed by atoms with E-state index in [1.165, 1.54) is 11.3 Å². The van der Waals surface area contributed by atoms with Crippen molar-refractivity contribution in [2.75, 3.05) is 26.2 Å². The molecule has 3 heterocycles. The van der Waals surface area contributed by atoms with E-state index in [9.17, 15) is 13.6 Å². The SMILES string of the molecule is Cc1ncc(CC(=O)CC2CCC(F)(CCN3CCc4nc(OCC(C)(F)F)sc4CC3)CC2)s1. The number of thiazole rings is 2. The van der Waals surface area contributed by atoms with E-state index in [1.807, 2.05) is 6.92 Å². The van der Waals surface area contributed by atoms with Crippen molar-refractivity contribution in [2.45, 2.75) is 83.2 Å². The molecule has 1 aliphatic carbocycles. The summed E-state index contributed by atoms with van der Waals surface area (Å²) in [6.07, 6.45) is 7.36. The van der Waals surface area contributed by atoms with Crippen LogP contribution in [0.4, 0.5) is 13.2 Å². The number of ether oxygens (including phenoxy) is 1. The minimum atomic E-state index is -2.88. The summed E-state index contributed by atoms with van der Waals surface area (Å²) in [6, 6.07) is 0. The van der Waals surface area contributed by atoms with Crippen molar-refractivity contribution >= 4 is 28.5 Å². The van der Waals surface area contributed by atoms with Gasteiger partial charge in [-0.05, 0) is 51.4 Å². The van der Waals surface area contributed by atoms with Crippen LogP contribution in [0.1, 0.15) is 65.9 Å². The predicted molar refractivity (Wildman–Crippen MR) is 133 cm³/mol. The Kier molecular flexibility index (Phi) is 8.53. The molecule has 0 bridgehead atoms. The van der Waals surface area contributed by atoms with Gasteiger partial charge in [-0.15, -0.1) is 11.3 Å². The monoisotopic (exact) mass is 529 g/mol. The van der Waals surface area contributed by atoms with Crippen LogP contribution >= 0.6 is 22.7 Å². The lowest BCUT2D eigenvalue weighted by Crippen LogP contribution is -2.36. The first-order valence-electron chi connectivity index (χ1n) is 12.4. The van der Waals surface area contributed by atoms with Crippen LogP contribution in [0.5, 0.6) is 5.19 Å². The number of rotatable bonds is 10. The Hall–Kier alpha value is -1.52. The Labute approximate surface area is 213 Å². The Morgan fingerprint density at radius 2 is 2.00 bits per heavy atom. The first kappa shape index (κ1) is 26.5. The lowest BCUT2D eigenvalue weighted by atomic mass is 9.76. The number of carbonyl (C=O) groups excluding carboxylic acids is 1. The van der Waals surface area contributed by atoms with Crippen molar-refractivity contribution < 1.29 is 22.7 Å². The molecule has 194 valence electrons. The molecule has 4 rings (SSSR count). The molecule has 2 aromatic heterocycles. The number of ketones is 1. The zero-order chi connectivity index (χ0) is 25.1. The van der Waals surface area contributed by atoms with E-state index >= 15 is 4.39 Å². The average molecular weight is 530 g/mol. The Morgan fingerprint density at radius 3 is 2.69 bits per heavy atom. The zero-order valence-electron chi connectivity index (χ0n) is 20.5. The average Bonchev–Trinajstić information content (AvgIpc) is 3.33. The number of Topliss-reactive ketones (excluding diaryl/α,β-unsaturated/α-hetero) is 1. The van der Waals surface area contributed by atoms with Gasteiger partial charge in [-0.3, -0.25) is 4.79 Å². The minimum Gasteiger partial charge on any atom is -0.464 e. The molecule has 5 nitrogen and oxygen atoms in total. The molecule has 0 radical (unpaired) electrons. The lowest BCUT2D eigenvalue weighted by Gasteiger charge is -2.35. The molecular weight excluding hydrogens is 495 g/mol. The number of hydrogen-bond donors (Lipinski definition) is 0. The quantitative estimate of drug-likeness (QED) is 0.388. The normalized spacial score (nSPS) is 23.6. The maximum absolute atomic E-state index is 15.5. The van der Waals surface area contributed by atoms with Crippen molar-refractivity contribution in [2.24, 2.45) is 5.92 Å². The standard InChI is InChI=1S/C25H34F3N3O2S2/c1-17-29-15-20(34-17)14-19(32)13-18-3-7-25(28,8-4-18)9-12-31-10-5-21-22(6-11-31)35-23(30-21)33-16-24(2,26)27/h15,18H,3-14,16H2,1-2H3. The number of carbonyl (C=O) groups is 1. The van der Waals surface area contributed by atoms with Crippen molar-refractivity contribution in [1.29, 1.82) is 0 Å². The van der Waals surface area contributed by atoms with Gasteiger partial charge in [-0.2, -0.15) is 0 Å². The van der Waals surface area contributed by atoms with E-state index in [4.69, 9.17) is 4.74 Å². The zero-order valence-corrected chi connectivity index (χ0v) is 22.1. The van der Waals surface area contributed by atoms with Crippen LogP contribution < -0.4 is 4.74 Å². The summed E-state index contributed by atoms with van der Waals surface area (Å²) in [5.41, 5.74) is -0.239. The highest BCUT2D eigenvalue weighted by molar-refractivity contribution is 7.13. The maximum Gasteiger partial charge on any atom is 0.278 e. The van der Waals surface area contributed by atoms with Gasteiger partial charge in [0.1, 0.15) is 11.5 Å². The first-order chi connectivity index (χ1) is 16.6. The number of aryl methyl sites for hydroxylation is 1. The largest absolute Gasteiger partial charge is 0.464 e. The summed E-state index contributed by atoms with van der Waals surface area (Å²) in [7, 11) is 0. The summed E-state index contributed by atoms with van der Waals surface area (Å²) in [6.45, 7) is 4.40. The van der Waals surface area contributed by atoms with Gasteiger partial charge in [0.15, 0.2) is 6.61 Å². The molecular formula is C25H34F3N3O2S2. The van der Waals surface area contributed by atoms with E-state index in [2.05, 4.69) is 14.9 Å². The molecule has 0 unspecified atom stereocenters. The van der Waals surface area contributed by atoms with E-state index in [0.29, 0.717) is 43.8 Å². The third-order valence-corrected chi connectivity index (χ3v) is 8.94. The fraction of sp³-hybridized carbons (Fsp3) is 0.720. The number of aromatic nitrogens is 2. The second-order valence-corrected chi connectivity index (χ2v) is 12.5. The molecule has 0 atom stereocenters. The minimum absolute atomic E-state index is 0.229. The van der Waals surface area contributed by atoms with Crippen LogP contribution in [0.3, 0.4) is 0 Å². The van der Waals surface area contributed by atoms with Crippen LogP contribution in [0.2, 0.25) is 0 Å². The first-order valence-corrected chi connectivity index (χ1v) is 14.0. The fourth-order valence-electron chi connectivity index (χ4n) is 4.94. The Balaban J connectivity index is 1.17. The van der Waals surface area contributed by atoms with Gasteiger partial charge in [-0.25, -0.2) is 23.1 Å². The van der Waals surface area contributed by atoms with E-state index in [0.717, 1.165) is 66.2 Å². The molecule has 35 heavy (non-hydrogen) atoms. The molecule has 1 saturated carbocycles. The molecule has 1 fully saturated rings. The van der Waals surface area contributed by atoms with E-state index < -0.39 is 18.2 Å². The second-order valence-electron chi connectivity index (χ2n) is 10.2. The summed E-state index contributed by atoms with van der Waals surface area (Å²) < 4.78 is 46.8. The highest BCUT2D eigenvalue weighted by Crippen LogP contribution is 2.39. The number of halogens is 3. The predicted octanol–water partition coefficient (Wildman–Crippen LogP) is 5.83. The molecule has 0 aromatic carbocycles. The van der Waals surface area contributed by atoms with E-state index in [-0.39, 0.29) is 11.7 Å². The molecule has 10 heteroatoms. The van der Waals surface area contributed by atoms with Crippen LogP contribution in [-0.2, 0) is 24.1 Å². The lowest BCUT2D eigenvalue weighted by molar-refractivity contribution is -0.119. The number of nitrogens with zero attached hydrogens (tertiary/aromatic N) is 3. The highest BCUT2D eigenvalue weighted by Gasteiger charge is 2.36. The third kappa shape index (κ3) is 7.98. The molecule has 1 aliphatic heterocycles. The number of hydrogen-bond acceptors (Lipinski definition) is 7. The molecule has 0 amide bonds. The smallest absolute Gasteiger partial charge is 0.278 e. The molecule has 2 aliphatic rings. The van der Waals surface area contributed by atoms with Crippen LogP contribution in [-0.4, -0.2) is 58.5 Å². The van der Waals surface area contributed by atoms with E-state index in [1.54, 1.807) is 17.5 Å². The number of fused-ring (bicyclic) bond motifs is 1. The van der Waals surface area contributed by atoms with Gasteiger partial charge < -0.3 is 9.64 Å². The summed E-state index contributed by atoms with van der Waals surface area (Å²) >= 11 is 2.91. The summed E-state index contributed by atoms with van der Waals surface area (Å²) in [5.74, 6) is -2.37.